The van der Waals surface area contributed by atoms with Gasteiger partial charge >= 0.3 is 0 Å². The van der Waals surface area contributed by atoms with E-state index in [1.165, 1.54) is 19.3 Å². The number of nitrogens with zero attached hydrogens (tertiary/aromatic N) is 3. The van der Waals surface area contributed by atoms with Crippen LogP contribution in [0.15, 0.2) is 12.3 Å². The molecule has 0 spiro atoms. The maximum Gasteiger partial charge on any atom is 0.0764 e. The van der Waals surface area contributed by atoms with Crippen LogP contribution in [0.1, 0.15) is 38.8 Å². The molecule has 0 unspecified atom stereocenters. The molecule has 0 amide bonds. The van der Waals surface area contributed by atoms with Crippen LogP contribution in [0.25, 0.3) is 0 Å². The zero-order valence-electron chi connectivity index (χ0n) is 11.6. The number of aromatic nitrogens is 2. The minimum absolute atomic E-state index is 0.423. The average molecular weight is 251 g/mol. The van der Waals surface area contributed by atoms with Crippen molar-refractivity contribution in [3.05, 3.63) is 18.0 Å². The summed E-state index contributed by atoms with van der Waals surface area (Å²) in [5.74, 6) is 0. The number of aryl methyl sites for hydroxylation is 1. The van der Waals surface area contributed by atoms with Crippen molar-refractivity contribution in [3.63, 3.8) is 0 Å². The van der Waals surface area contributed by atoms with Gasteiger partial charge in [-0.15, -0.1) is 0 Å². The van der Waals surface area contributed by atoms with Gasteiger partial charge in [-0.05, 0) is 38.8 Å². The predicted molar refractivity (Wildman–Crippen MR) is 72.4 cm³/mol. The first-order valence-electron chi connectivity index (χ1n) is 7.18. The van der Waals surface area contributed by atoms with E-state index in [1.807, 2.05) is 4.68 Å². The molecule has 4 heteroatoms. The molecule has 1 aromatic rings. The fourth-order valence-corrected chi connectivity index (χ4v) is 2.44. The highest BCUT2D eigenvalue weighted by molar-refractivity contribution is 4.98. The third kappa shape index (κ3) is 3.82. The average Bonchev–Trinajstić information content (AvgIpc) is 2.87. The molecule has 1 aliphatic rings. The minimum Gasteiger partial charge on any atom is -0.377 e. The summed E-state index contributed by atoms with van der Waals surface area (Å²) >= 11 is 0. The third-order valence-electron chi connectivity index (χ3n) is 3.59. The van der Waals surface area contributed by atoms with Crippen LogP contribution in [0.4, 0.5) is 0 Å². The highest BCUT2D eigenvalue weighted by Crippen LogP contribution is 2.14. The molecule has 1 aliphatic heterocycles. The Hall–Kier alpha value is -0.870. The smallest absolute Gasteiger partial charge is 0.0764 e. The summed E-state index contributed by atoms with van der Waals surface area (Å²) in [6.45, 7) is 9.23. The van der Waals surface area contributed by atoms with E-state index in [0.29, 0.717) is 6.10 Å². The Labute approximate surface area is 110 Å². The molecule has 4 nitrogen and oxygen atoms in total. The summed E-state index contributed by atoms with van der Waals surface area (Å²) in [6.07, 6.45) is 6.23. The summed E-state index contributed by atoms with van der Waals surface area (Å²) in [5, 5.41) is 4.54. The summed E-state index contributed by atoms with van der Waals surface area (Å²) < 4.78 is 7.79. The van der Waals surface area contributed by atoms with E-state index in [-0.39, 0.29) is 0 Å². The fourth-order valence-electron chi connectivity index (χ4n) is 2.44. The molecule has 102 valence electrons. The van der Waals surface area contributed by atoms with E-state index in [4.69, 9.17) is 4.74 Å². The molecular formula is C14H25N3O. The number of hydrogen-bond acceptors (Lipinski definition) is 3. The monoisotopic (exact) mass is 251 g/mol. The lowest BCUT2D eigenvalue weighted by Crippen LogP contribution is -2.35. The SMILES string of the molecule is CCN(Cc1ccn(CC)n1)C[C@H]1CCCCO1. The van der Waals surface area contributed by atoms with Crippen molar-refractivity contribution in [2.24, 2.45) is 0 Å². The molecule has 0 radical (unpaired) electrons. The molecule has 2 heterocycles. The van der Waals surface area contributed by atoms with Crippen molar-refractivity contribution >= 4 is 0 Å². The van der Waals surface area contributed by atoms with Gasteiger partial charge in [0.1, 0.15) is 0 Å². The van der Waals surface area contributed by atoms with Gasteiger partial charge < -0.3 is 4.74 Å². The van der Waals surface area contributed by atoms with Crippen molar-refractivity contribution in [2.45, 2.75) is 52.3 Å². The third-order valence-corrected chi connectivity index (χ3v) is 3.59. The lowest BCUT2D eigenvalue weighted by atomic mass is 10.1. The summed E-state index contributed by atoms with van der Waals surface area (Å²) in [4.78, 5) is 2.43. The second kappa shape index (κ2) is 6.90. The zero-order valence-corrected chi connectivity index (χ0v) is 11.6. The van der Waals surface area contributed by atoms with Crippen LogP contribution in [0.2, 0.25) is 0 Å². The van der Waals surface area contributed by atoms with E-state index in [9.17, 15) is 0 Å². The maximum absolute atomic E-state index is 5.81. The molecule has 2 rings (SSSR count). The lowest BCUT2D eigenvalue weighted by Gasteiger charge is -2.28. The topological polar surface area (TPSA) is 30.3 Å². The second-order valence-electron chi connectivity index (χ2n) is 4.98. The van der Waals surface area contributed by atoms with E-state index >= 15 is 0 Å². The molecule has 0 bridgehead atoms. The first-order valence-corrected chi connectivity index (χ1v) is 7.18. The maximum atomic E-state index is 5.81. The Morgan fingerprint density at radius 1 is 1.44 bits per heavy atom. The van der Waals surface area contributed by atoms with E-state index < -0.39 is 0 Å². The van der Waals surface area contributed by atoms with Gasteiger partial charge in [0.2, 0.25) is 0 Å². The fraction of sp³-hybridized carbons (Fsp3) is 0.786. The largest absolute Gasteiger partial charge is 0.377 e. The number of ether oxygens (including phenoxy) is 1. The molecule has 1 fully saturated rings. The van der Waals surface area contributed by atoms with Crippen molar-refractivity contribution in [2.75, 3.05) is 19.7 Å². The number of hydrogen-bond donors (Lipinski definition) is 0. The van der Waals surface area contributed by atoms with Gasteiger partial charge in [0.05, 0.1) is 11.8 Å². The van der Waals surface area contributed by atoms with E-state index in [2.05, 4.69) is 36.1 Å². The standard InChI is InChI=1S/C14H25N3O/c1-3-16(12-14-7-5-6-10-18-14)11-13-8-9-17(4-2)15-13/h8-9,14H,3-7,10-12H2,1-2H3/t14-/m1/s1. The van der Waals surface area contributed by atoms with Crippen molar-refractivity contribution < 1.29 is 4.74 Å². The van der Waals surface area contributed by atoms with Gasteiger partial charge in [-0.2, -0.15) is 5.10 Å². The summed E-state index contributed by atoms with van der Waals surface area (Å²) in [7, 11) is 0. The molecule has 18 heavy (non-hydrogen) atoms. The summed E-state index contributed by atoms with van der Waals surface area (Å²) in [6, 6.07) is 2.12. The van der Waals surface area contributed by atoms with Gasteiger partial charge in [-0.25, -0.2) is 0 Å². The zero-order chi connectivity index (χ0) is 12.8. The van der Waals surface area contributed by atoms with Gasteiger partial charge in [0, 0.05) is 32.4 Å². The molecule has 0 N–H and O–H groups in total. The number of rotatable bonds is 6. The van der Waals surface area contributed by atoms with Crippen LogP contribution in [-0.2, 0) is 17.8 Å². The Balaban J connectivity index is 1.84. The molecule has 1 aromatic heterocycles. The van der Waals surface area contributed by atoms with Crippen LogP contribution < -0.4 is 0 Å². The molecule has 1 atom stereocenters. The lowest BCUT2D eigenvalue weighted by molar-refractivity contribution is -0.00644. The van der Waals surface area contributed by atoms with Crippen molar-refractivity contribution in [3.8, 4) is 0 Å². The Bertz CT molecular complexity index is 345. The molecule has 0 aliphatic carbocycles. The molecule has 1 saturated heterocycles. The number of likely N-dealkylation sites (N-methyl/N-ethyl adjacent to an activating group) is 1. The van der Waals surface area contributed by atoms with Gasteiger partial charge in [-0.3, -0.25) is 9.58 Å². The normalized spacial score (nSPS) is 20.5. The Morgan fingerprint density at radius 2 is 2.33 bits per heavy atom. The highest BCUT2D eigenvalue weighted by Gasteiger charge is 2.17. The van der Waals surface area contributed by atoms with Gasteiger partial charge in [-0.1, -0.05) is 6.92 Å². The van der Waals surface area contributed by atoms with Gasteiger partial charge in [0.25, 0.3) is 0 Å². The second-order valence-corrected chi connectivity index (χ2v) is 4.98. The highest BCUT2D eigenvalue weighted by atomic mass is 16.5. The first-order chi connectivity index (χ1) is 8.81. The predicted octanol–water partition coefficient (Wildman–Crippen LogP) is 2.29. The molecular weight excluding hydrogens is 226 g/mol. The Kier molecular flexibility index (Phi) is 5.20. The van der Waals surface area contributed by atoms with Crippen LogP contribution >= 0.6 is 0 Å². The summed E-state index contributed by atoms with van der Waals surface area (Å²) in [5.41, 5.74) is 1.16. The van der Waals surface area contributed by atoms with E-state index in [1.54, 1.807) is 0 Å². The van der Waals surface area contributed by atoms with Gasteiger partial charge in [0.15, 0.2) is 0 Å². The Morgan fingerprint density at radius 3 is 2.94 bits per heavy atom. The van der Waals surface area contributed by atoms with Crippen LogP contribution in [-0.4, -0.2) is 40.5 Å². The molecule has 0 saturated carbocycles. The first kappa shape index (κ1) is 13.6. The quantitative estimate of drug-likeness (QED) is 0.777. The van der Waals surface area contributed by atoms with Crippen LogP contribution in [0.3, 0.4) is 0 Å². The molecule has 0 aromatic carbocycles. The van der Waals surface area contributed by atoms with Crippen molar-refractivity contribution in [1.29, 1.82) is 0 Å². The van der Waals surface area contributed by atoms with E-state index in [0.717, 1.165) is 38.5 Å². The van der Waals surface area contributed by atoms with Crippen LogP contribution in [0.5, 0.6) is 0 Å². The van der Waals surface area contributed by atoms with Crippen molar-refractivity contribution in [1.82, 2.24) is 14.7 Å². The van der Waals surface area contributed by atoms with Crippen LogP contribution in [0, 0.1) is 0 Å². The minimum atomic E-state index is 0.423.